The Morgan fingerprint density at radius 2 is 1.92 bits per heavy atom. The fourth-order valence-corrected chi connectivity index (χ4v) is 5.00. The molecule has 8 nitrogen and oxygen atoms in total. The molecule has 0 spiro atoms. The fourth-order valence-electron chi connectivity index (χ4n) is 4.66. The SMILES string of the molecule is Cc1cc(C(=O)O)ccc1-c1ccc([C@@H]2[C@@H](c3ccccn3)NC(=S)N2CCC(=O)Nc2ccc(F)cc2)o1. The molecule has 2 aromatic heterocycles. The zero-order chi connectivity index (χ0) is 27.5. The molecule has 0 radical (unpaired) electrons. The molecule has 4 aromatic rings. The number of carboxylic acids is 1. The number of aromatic carboxylic acids is 1. The number of furan rings is 1. The Balaban J connectivity index is 1.41. The van der Waals surface area contributed by atoms with Gasteiger partial charge in [0.25, 0.3) is 0 Å². The van der Waals surface area contributed by atoms with E-state index in [-0.39, 0.29) is 29.8 Å². The molecular weight excluding hydrogens is 519 g/mol. The van der Waals surface area contributed by atoms with E-state index < -0.39 is 12.0 Å². The fraction of sp³-hybridized carbons (Fsp3) is 0.172. The van der Waals surface area contributed by atoms with Gasteiger partial charge in [0.15, 0.2) is 5.11 Å². The van der Waals surface area contributed by atoms with Gasteiger partial charge in [0.05, 0.1) is 17.3 Å². The summed E-state index contributed by atoms with van der Waals surface area (Å²) in [6, 6.07) is 19.1. The van der Waals surface area contributed by atoms with E-state index in [9.17, 15) is 19.1 Å². The highest BCUT2D eigenvalue weighted by Gasteiger charge is 2.41. The topological polar surface area (TPSA) is 108 Å². The smallest absolute Gasteiger partial charge is 0.335 e. The number of halogens is 1. The third-order valence-electron chi connectivity index (χ3n) is 6.56. The third-order valence-corrected chi connectivity index (χ3v) is 6.91. The second-order valence-electron chi connectivity index (χ2n) is 9.16. The van der Waals surface area contributed by atoms with Crippen LogP contribution in [-0.2, 0) is 4.79 Å². The van der Waals surface area contributed by atoms with Gasteiger partial charge < -0.3 is 25.1 Å². The van der Waals surface area contributed by atoms with Gasteiger partial charge in [-0.15, -0.1) is 0 Å². The van der Waals surface area contributed by atoms with Gasteiger partial charge >= 0.3 is 5.97 Å². The van der Waals surface area contributed by atoms with Crippen LogP contribution in [0.1, 0.15) is 45.9 Å². The molecule has 0 aliphatic carbocycles. The van der Waals surface area contributed by atoms with Crippen LogP contribution in [0.4, 0.5) is 10.1 Å². The maximum atomic E-state index is 13.2. The predicted octanol–water partition coefficient (Wildman–Crippen LogP) is 5.49. The van der Waals surface area contributed by atoms with Gasteiger partial charge in [-0.1, -0.05) is 12.1 Å². The van der Waals surface area contributed by atoms with E-state index in [0.717, 1.165) is 16.8 Å². The number of carboxylic acid groups (broad SMARTS) is 1. The first-order valence-corrected chi connectivity index (χ1v) is 12.7. The molecule has 198 valence electrons. The Bertz CT molecular complexity index is 1520. The van der Waals surface area contributed by atoms with Crippen molar-refractivity contribution in [3.05, 3.63) is 107 Å². The molecule has 1 aliphatic heterocycles. The van der Waals surface area contributed by atoms with E-state index in [1.807, 2.05) is 42.2 Å². The van der Waals surface area contributed by atoms with Gasteiger partial charge in [-0.05, 0) is 85.4 Å². The zero-order valence-corrected chi connectivity index (χ0v) is 21.7. The molecule has 10 heteroatoms. The number of nitrogens with one attached hydrogen (secondary N) is 2. The summed E-state index contributed by atoms with van der Waals surface area (Å²) < 4.78 is 19.5. The number of anilines is 1. The molecule has 3 heterocycles. The summed E-state index contributed by atoms with van der Waals surface area (Å²) in [5.74, 6) is -0.401. The van der Waals surface area contributed by atoms with Crippen LogP contribution in [0.25, 0.3) is 11.3 Å². The minimum Gasteiger partial charge on any atom is -0.478 e. The lowest BCUT2D eigenvalue weighted by Crippen LogP contribution is -2.32. The normalized spacial score (nSPS) is 16.7. The van der Waals surface area contributed by atoms with Gasteiger partial charge in [0, 0.05) is 30.4 Å². The van der Waals surface area contributed by atoms with Gasteiger partial charge in [0.1, 0.15) is 23.4 Å². The summed E-state index contributed by atoms with van der Waals surface area (Å²) in [5, 5.41) is 15.9. The molecule has 2 aromatic carbocycles. The first-order valence-electron chi connectivity index (χ1n) is 12.3. The molecule has 39 heavy (non-hydrogen) atoms. The van der Waals surface area contributed by atoms with E-state index in [4.69, 9.17) is 16.6 Å². The Labute approximate surface area is 229 Å². The second-order valence-corrected chi connectivity index (χ2v) is 9.55. The van der Waals surface area contributed by atoms with Gasteiger partial charge in [-0.3, -0.25) is 9.78 Å². The van der Waals surface area contributed by atoms with Crippen molar-refractivity contribution in [1.82, 2.24) is 15.2 Å². The van der Waals surface area contributed by atoms with Crippen LogP contribution in [-0.4, -0.2) is 38.5 Å². The number of hydrogen-bond donors (Lipinski definition) is 3. The highest BCUT2D eigenvalue weighted by atomic mass is 32.1. The van der Waals surface area contributed by atoms with Gasteiger partial charge in [-0.2, -0.15) is 0 Å². The van der Waals surface area contributed by atoms with E-state index in [1.165, 1.54) is 24.3 Å². The quantitative estimate of drug-likeness (QED) is 0.250. The van der Waals surface area contributed by atoms with Crippen molar-refractivity contribution >= 4 is 34.9 Å². The molecule has 5 rings (SSSR count). The number of rotatable bonds is 8. The Kier molecular flexibility index (Phi) is 7.38. The number of carbonyl (C=O) groups excluding carboxylic acids is 1. The molecule has 0 unspecified atom stereocenters. The van der Waals surface area contributed by atoms with Crippen molar-refractivity contribution in [2.45, 2.75) is 25.4 Å². The summed E-state index contributed by atoms with van der Waals surface area (Å²) in [4.78, 5) is 30.4. The number of pyridine rings is 1. The van der Waals surface area contributed by atoms with Gasteiger partial charge in [0.2, 0.25) is 5.91 Å². The monoisotopic (exact) mass is 544 g/mol. The minimum absolute atomic E-state index is 0.133. The van der Waals surface area contributed by atoms with Crippen molar-refractivity contribution in [1.29, 1.82) is 0 Å². The summed E-state index contributed by atoms with van der Waals surface area (Å²) in [5.41, 5.74) is 3.02. The standard InChI is InChI=1S/C29H25FN4O4S/c1-17-16-18(28(36)37)5-10-21(17)23-11-12-24(38-23)27-26(22-4-2-3-14-31-22)33-29(39)34(27)15-13-25(35)32-20-8-6-19(30)7-9-20/h2-12,14,16,26-27H,13,15H2,1H3,(H,32,35)(H,33,39)(H,36,37)/t26-,27-/m1/s1. The Morgan fingerprint density at radius 1 is 1.13 bits per heavy atom. The van der Waals surface area contributed by atoms with Crippen LogP contribution in [0, 0.1) is 12.7 Å². The van der Waals surface area contributed by atoms with Crippen LogP contribution in [0.3, 0.4) is 0 Å². The summed E-state index contributed by atoms with van der Waals surface area (Å²) in [7, 11) is 0. The molecule has 1 aliphatic rings. The lowest BCUT2D eigenvalue weighted by atomic mass is 10.0. The minimum atomic E-state index is -0.993. The number of nitrogens with zero attached hydrogens (tertiary/aromatic N) is 2. The summed E-state index contributed by atoms with van der Waals surface area (Å²) in [6.45, 7) is 2.13. The van der Waals surface area contributed by atoms with Crippen molar-refractivity contribution in [2.24, 2.45) is 0 Å². The van der Waals surface area contributed by atoms with Crippen LogP contribution in [0.15, 0.2) is 83.4 Å². The van der Waals surface area contributed by atoms with Crippen molar-refractivity contribution in [3.63, 3.8) is 0 Å². The molecular formula is C29H25FN4O4S. The van der Waals surface area contributed by atoms with Crippen molar-refractivity contribution < 1.29 is 23.5 Å². The Morgan fingerprint density at radius 3 is 2.62 bits per heavy atom. The summed E-state index contributed by atoms with van der Waals surface area (Å²) >= 11 is 5.67. The van der Waals surface area contributed by atoms with Crippen molar-refractivity contribution in [2.75, 3.05) is 11.9 Å². The number of hydrogen-bond acceptors (Lipinski definition) is 5. The predicted molar refractivity (Wildman–Crippen MR) is 148 cm³/mol. The number of amides is 1. The average Bonchev–Trinajstić information content (AvgIpc) is 3.53. The molecule has 1 fully saturated rings. The number of thiocarbonyl (C=S) groups is 1. The summed E-state index contributed by atoms with van der Waals surface area (Å²) in [6.07, 6.45) is 1.84. The first kappa shape index (κ1) is 26.1. The highest BCUT2D eigenvalue weighted by Crippen LogP contribution is 2.40. The molecule has 1 saturated heterocycles. The van der Waals surface area contributed by atoms with Crippen LogP contribution < -0.4 is 10.6 Å². The van der Waals surface area contributed by atoms with Crippen LogP contribution in [0.5, 0.6) is 0 Å². The van der Waals surface area contributed by atoms with Crippen LogP contribution in [0.2, 0.25) is 0 Å². The maximum absolute atomic E-state index is 13.2. The molecule has 0 saturated carbocycles. The van der Waals surface area contributed by atoms with E-state index in [0.29, 0.717) is 28.9 Å². The molecule has 0 bridgehead atoms. The zero-order valence-electron chi connectivity index (χ0n) is 20.9. The lowest BCUT2D eigenvalue weighted by molar-refractivity contribution is -0.116. The first-order chi connectivity index (χ1) is 18.8. The van der Waals surface area contributed by atoms with E-state index >= 15 is 0 Å². The maximum Gasteiger partial charge on any atom is 0.335 e. The number of aryl methyl sites for hydroxylation is 1. The second kappa shape index (κ2) is 11.0. The molecule has 2 atom stereocenters. The van der Waals surface area contributed by atoms with Crippen molar-refractivity contribution in [3.8, 4) is 11.3 Å². The van der Waals surface area contributed by atoms with Gasteiger partial charge in [-0.25, -0.2) is 9.18 Å². The van der Waals surface area contributed by atoms with E-state index in [1.54, 1.807) is 24.4 Å². The molecule has 3 N–H and O–H groups in total. The Hall–Kier alpha value is -4.57. The number of aromatic nitrogens is 1. The molecule has 1 amide bonds. The number of benzene rings is 2. The van der Waals surface area contributed by atoms with Crippen LogP contribution >= 0.6 is 12.2 Å². The van der Waals surface area contributed by atoms with E-state index in [2.05, 4.69) is 15.6 Å². The largest absolute Gasteiger partial charge is 0.478 e. The lowest BCUT2D eigenvalue weighted by Gasteiger charge is -2.25. The number of carbonyl (C=O) groups is 2. The average molecular weight is 545 g/mol. The highest BCUT2D eigenvalue weighted by molar-refractivity contribution is 7.80. The third kappa shape index (κ3) is 5.65.